The first-order valence-electron chi connectivity index (χ1n) is 6.55. The number of rotatable bonds is 2. The van der Waals surface area contributed by atoms with Crippen molar-refractivity contribution in [1.82, 2.24) is 0 Å². The lowest BCUT2D eigenvalue weighted by atomic mass is 9.51. The monoisotopic (exact) mass is 356 g/mol. The maximum absolute atomic E-state index is 11.5. The lowest BCUT2D eigenvalue weighted by Gasteiger charge is -2.62. The van der Waals surface area contributed by atoms with Gasteiger partial charge in [0, 0.05) is 22.7 Å². The number of halogens is 1. The zero-order valence-corrected chi connectivity index (χ0v) is 12.6. The van der Waals surface area contributed by atoms with Gasteiger partial charge < -0.3 is 4.74 Å². The Morgan fingerprint density at radius 3 is 2.39 bits per heavy atom. The van der Waals surface area contributed by atoms with Gasteiger partial charge in [-0.2, -0.15) is 0 Å². The second kappa shape index (κ2) is 4.51. The number of ether oxygens (including phenoxy) is 1. The smallest absolute Gasteiger partial charge is 0.303 e. The Morgan fingerprint density at radius 1 is 1.28 bits per heavy atom. The average molecular weight is 356 g/mol. The normalized spacial score (nSPS) is 37.8. The summed E-state index contributed by atoms with van der Waals surface area (Å²) in [5, 5.41) is 0. The lowest BCUT2D eigenvalue weighted by Crippen LogP contribution is -2.65. The van der Waals surface area contributed by atoms with E-state index in [1.165, 1.54) is 31.7 Å². The van der Waals surface area contributed by atoms with E-state index in [9.17, 15) is 4.79 Å². The number of esters is 1. The van der Waals surface area contributed by atoms with Crippen molar-refractivity contribution in [3.05, 3.63) is 35.9 Å². The minimum atomic E-state index is -0.336. The minimum Gasteiger partial charge on any atom is -0.454 e. The van der Waals surface area contributed by atoms with E-state index in [1.54, 1.807) is 0 Å². The second-order valence-electron chi connectivity index (χ2n) is 5.34. The molecule has 0 N–H and O–H groups in total. The summed E-state index contributed by atoms with van der Waals surface area (Å²) < 4.78 is 6.50. The molecule has 0 spiro atoms. The summed E-state index contributed by atoms with van der Waals surface area (Å²) in [4.78, 5) is 11.5. The van der Waals surface area contributed by atoms with Crippen molar-refractivity contribution in [2.45, 2.75) is 35.7 Å². The highest BCUT2D eigenvalue weighted by Crippen LogP contribution is 2.64. The van der Waals surface area contributed by atoms with E-state index < -0.39 is 0 Å². The lowest BCUT2D eigenvalue weighted by molar-refractivity contribution is -0.213. The summed E-state index contributed by atoms with van der Waals surface area (Å²) in [6, 6.07) is 10.3. The molecule has 1 aromatic carbocycles. The summed E-state index contributed by atoms with van der Waals surface area (Å²) in [6.07, 6.45) is 3.61. The van der Waals surface area contributed by atoms with Crippen LogP contribution >= 0.6 is 22.6 Å². The van der Waals surface area contributed by atoms with Gasteiger partial charge in [-0.3, -0.25) is 4.79 Å². The van der Waals surface area contributed by atoms with Gasteiger partial charge in [-0.25, -0.2) is 0 Å². The van der Waals surface area contributed by atoms with Crippen molar-refractivity contribution < 1.29 is 9.53 Å². The van der Waals surface area contributed by atoms with Gasteiger partial charge in [0.15, 0.2) is 0 Å². The maximum Gasteiger partial charge on any atom is 0.303 e. The third kappa shape index (κ3) is 1.63. The molecule has 2 fully saturated rings. The van der Waals surface area contributed by atoms with Crippen molar-refractivity contribution in [3.8, 4) is 0 Å². The van der Waals surface area contributed by atoms with Gasteiger partial charge in [-0.1, -0.05) is 59.3 Å². The van der Waals surface area contributed by atoms with E-state index in [-0.39, 0.29) is 11.6 Å². The summed E-state index contributed by atoms with van der Waals surface area (Å²) in [5.41, 5.74) is 0.847. The van der Waals surface area contributed by atoms with E-state index in [0.29, 0.717) is 15.8 Å². The quantitative estimate of drug-likeness (QED) is 0.459. The Bertz CT molecular complexity index is 445. The molecule has 3 heteroatoms. The fourth-order valence-corrected chi connectivity index (χ4v) is 5.58. The Balaban J connectivity index is 2.03. The molecule has 0 heterocycles. The molecule has 2 nitrogen and oxygen atoms in total. The van der Waals surface area contributed by atoms with Crippen LogP contribution in [0.2, 0.25) is 0 Å². The molecule has 2 aliphatic rings. The molecule has 0 aromatic heterocycles. The van der Waals surface area contributed by atoms with Crippen molar-refractivity contribution >= 4 is 28.6 Å². The van der Waals surface area contributed by atoms with Crippen LogP contribution in [-0.2, 0) is 15.1 Å². The first-order chi connectivity index (χ1) is 8.66. The summed E-state index contributed by atoms with van der Waals surface area (Å²) in [7, 11) is 0. The molecule has 96 valence electrons. The average Bonchev–Trinajstić information content (AvgIpc) is 2.39. The van der Waals surface area contributed by atoms with Crippen LogP contribution in [-0.4, -0.2) is 9.89 Å². The number of carbonyl (C=O) groups is 1. The molecule has 3 rings (SSSR count). The van der Waals surface area contributed by atoms with E-state index in [4.69, 9.17) is 4.74 Å². The topological polar surface area (TPSA) is 26.3 Å². The zero-order chi connectivity index (χ0) is 12.8. The molecule has 2 unspecified atom stereocenters. The second-order valence-corrected chi connectivity index (χ2v) is 6.78. The van der Waals surface area contributed by atoms with Gasteiger partial charge in [0.2, 0.25) is 0 Å². The summed E-state index contributed by atoms with van der Waals surface area (Å²) >= 11 is 2.54. The highest BCUT2D eigenvalue weighted by Gasteiger charge is 2.65. The van der Waals surface area contributed by atoms with Gasteiger partial charge in [-0.15, -0.1) is 0 Å². The summed E-state index contributed by atoms with van der Waals surface area (Å²) in [5.74, 6) is 0.824. The number of alkyl halides is 1. The predicted octanol–water partition coefficient (Wildman–Crippen LogP) is 3.68. The molecule has 0 aliphatic heterocycles. The Hall–Kier alpha value is -0.580. The minimum absolute atomic E-state index is 0.154. The van der Waals surface area contributed by atoms with Gasteiger partial charge in [0.05, 0.1) is 0 Å². The predicted molar refractivity (Wildman–Crippen MR) is 78.5 cm³/mol. The van der Waals surface area contributed by atoms with Gasteiger partial charge in [0.25, 0.3) is 0 Å². The molecular weight excluding hydrogens is 339 g/mol. The highest BCUT2D eigenvalue weighted by atomic mass is 127. The van der Waals surface area contributed by atoms with Crippen molar-refractivity contribution in [2.24, 2.45) is 11.8 Å². The van der Waals surface area contributed by atoms with E-state index in [1.807, 2.05) is 18.2 Å². The van der Waals surface area contributed by atoms with E-state index >= 15 is 0 Å². The standard InChI is InChI=1S/C15H17IO2/c1-10(17)18-15(11-6-3-2-4-7-11)12-8-5-9-13(15)14(12)16/h2-4,6-7,12-14H,5,8-9H2,1H3/t12-,13+,14?,15?. The Kier molecular flexibility index (Phi) is 3.12. The van der Waals surface area contributed by atoms with Crippen LogP contribution in [0.3, 0.4) is 0 Å². The molecule has 2 aliphatic carbocycles. The van der Waals surface area contributed by atoms with Crippen LogP contribution < -0.4 is 0 Å². The van der Waals surface area contributed by atoms with Gasteiger partial charge in [0.1, 0.15) is 5.60 Å². The van der Waals surface area contributed by atoms with Gasteiger partial charge >= 0.3 is 5.97 Å². The fourth-order valence-electron chi connectivity index (χ4n) is 3.79. The van der Waals surface area contributed by atoms with Crippen molar-refractivity contribution in [3.63, 3.8) is 0 Å². The zero-order valence-electron chi connectivity index (χ0n) is 10.4. The number of carbonyl (C=O) groups excluding carboxylic acids is 1. The Labute approximate surface area is 121 Å². The largest absolute Gasteiger partial charge is 0.454 e. The number of benzene rings is 1. The fraction of sp³-hybridized carbons (Fsp3) is 0.533. The molecule has 18 heavy (non-hydrogen) atoms. The maximum atomic E-state index is 11.5. The molecular formula is C15H17IO2. The highest BCUT2D eigenvalue weighted by molar-refractivity contribution is 14.1. The molecule has 2 saturated carbocycles. The van der Waals surface area contributed by atoms with Crippen LogP contribution in [0.4, 0.5) is 0 Å². The van der Waals surface area contributed by atoms with Crippen LogP contribution in [0, 0.1) is 11.8 Å². The van der Waals surface area contributed by atoms with Gasteiger partial charge in [-0.05, 0) is 18.4 Å². The number of hydrogen-bond acceptors (Lipinski definition) is 2. The van der Waals surface area contributed by atoms with Crippen LogP contribution in [0.15, 0.2) is 30.3 Å². The first-order valence-corrected chi connectivity index (χ1v) is 7.80. The number of hydrogen-bond donors (Lipinski definition) is 0. The molecule has 1 aromatic rings. The van der Waals surface area contributed by atoms with Crippen LogP contribution in [0.5, 0.6) is 0 Å². The van der Waals surface area contributed by atoms with E-state index in [2.05, 4.69) is 34.7 Å². The Morgan fingerprint density at radius 2 is 1.89 bits per heavy atom. The molecule has 0 saturated heterocycles. The number of fused-ring (bicyclic) bond motifs is 2. The molecule has 4 atom stereocenters. The van der Waals surface area contributed by atoms with Crippen molar-refractivity contribution in [2.75, 3.05) is 0 Å². The first kappa shape index (κ1) is 12.5. The van der Waals surface area contributed by atoms with E-state index in [0.717, 1.165) is 0 Å². The SMILES string of the molecule is CC(=O)OC1(c2ccccc2)[C@@H]2CCC[C@H]1C2I. The molecule has 0 radical (unpaired) electrons. The molecule has 0 amide bonds. The van der Waals surface area contributed by atoms with Crippen LogP contribution in [0.1, 0.15) is 31.7 Å². The van der Waals surface area contributed by atoms with Crippen molar-refractivity contribution in [1.29, 1.82) is 0 Å². The van der Waals surface area contributed by atoms with Crippen LogP contribution in [0.25, 0.3) is 0 Å². The summed E-state index contributed by atoms with van der Waals surface area (Å²) in [6.45, 7) is 1.53. The molecule has 2 bridgehead atoms. The third-order valence-electron chi connectivity index (χ3n) is 4.44. The third-order valence-corrected chi connectivity index (χ3v) is 6.17.